The number of amides is 1. The highest BCUT2D eigenvalue weighted by atomic mass is 16.6. The molecule has 0 bridgehead atoms. The first kappa shape index (κ1) is 12.7. The molecule has 0 aromatic heterocycles. The third-order valence-electron chi connectivity index (χ3n) is 3.73. The lowest BCUT2D eigenvalue weighted by Gasteiger charge is -2.24. The highest BCUT2D eigenvalue weighted by Gasteiger charge is 2.51. The van der Waals surface area contributed by atoms with Crippen molar-refractivity contribution in [1.29, 1.82) is 0 Å². The Balaban J connectivity index is 1.78. The van der Waals surface area contributed by atoms with E-state index in [1.165, 1.54) is 6.42 Å². The first-order valence-electron chi connectivity index (χ1n) is 6.53. The van der Waals surface area contributed by atoms with Crippen molar-refractivity contribution < 1.29 is 9.53 Å². The Hall–Kier alpha value is -0.770. The van der Waals surface area contributed by atoms with Gasteiger partial charge in [-0.3, -0.25) is 0 Å². The Labute approximate surface area is 104 Å². The molecule has 2 aliphatic rings. The van der Waals surface area contributed by atoms with E-state index in [9.17, 15) is 4.79 Å². The van der Waals surface area contributed by atoms with Crippen molar-refractivity contribution in [3.8, 4) is 0 Å². The number of piperidine rings is 1. The van der Waals surface area contributed by atoms with E-state index in [4.69, 9.17) is 4.74 Å². The third-order valence-corrected chi connectivity index (χ3v) is 3.73. The van der Waals surface area contributed by atoms with Crippen LogP contribution in [0.25, 0.3) is 0 Å². The van der Waals surface area contributed by atoms with Gasteiger partial charge in [-0.2, -0.15) is 0 Å². The lowest BCUT2D eigenvalue weighted by Crippen LogP contribution is -2.35. The van der Waals surface area contributed by atoms with Crippen molar-refractivity contribution >= 4 is 6.09 Å². The summed E-state index contributed by atoms with van der Waals surface area (Å²) < 4.78 is 5.35. The molecular formula is C13H24N2O2. The fourth-order valence-corrected chi connectivity index (χ4v) is 2.79. The predicted molar refractivity (Wildman–Crippen MR) is 66.8 cm³/mol. The molecule has 1 aliphatic carbocycles. The molecule has 4 heteroatoms. The van der Waals surface area contributed by atoms with Crippen LogP contribution in [-0.2, 0) is 4.74 Å². The molecule has 1 saturated carbocycles. The largest absolute Gasteiger partial charge is 0.444 e. The molecule has 1 aliphatic heterocycles. The Kier molecular flexibility index (Phi) is 3.34. The number of carbonyl (C=O) groups excluding carboxylic acids is 1. The highest BCUT2D eigenvalue weighted by molar-refractivity contribution is 5.67. The topological polar surface area (TPSA) is 41.6 Å². The average molecular weight is 240 g/mol. The van der Waals surface area contributed by atoms with Crippen molar-refractivity contribution in [1.82, 2.24) is 10.2 Å². The number of fused-ring (bicyclic) bond motifs is 1. The lowest BCUT2D eigenvalue weighted by atomic mass is 10.2. The van der Waals surface area contributed by atoms with E-state index in [1.54, 1.807) is 4.90 Å². The van der Waals surface area contributed by atoms with Gasteiger partial charge in [-0.25, -0.2) is 4.79 Å². The Morgan fingerprint density at radius 1 is 1.41 bits per heavy atom. The van der Waals surface area contributed by atoms with E-state index in [-0.39, 0.29) is 6.09 Å². The molecule has 0 aromatic rings. The second kappa shape index (κ2) is 4.48. The highest BCUT2D eigenvalue weighted by Crippen LogP contribution is 2.49. The predicted octanol–water partition coefficient (Wildman–Crippen LogP) is 1.71. The normalized spacial score (nSPS) is 31.6. The lowest BCUT2D eigenvalue weighted by molar-refractivity contribution is 0.0287. The molecule has 0 radical (unpaired) electrons. The van der Waals surface area contributed by atoms with Crippen LogP contribution in [-0.4, -0.2) is 43.3 Å². The third kappa shape index (κ3) is 3.12. The summed E-state index contributed by atoms with van der Waals surface area (Å²) in [5.74, 6) is 2.30. The second-order valence-electron chi connectivity index (χ2n) is 6.35. The minimum absolute atomic E-state index is 0.200. The van der Waals surface area contributed by atoms with Gasteiger partial charge in [0, 0.05) is 13.6 Å². The number of nitrogens with one attached hydrogen (secondary N) is 1. The molecule has 1 N–H and O–H groups in total. The molecule has 98 valence electrons. The number of carbonyl (C=O) groups is 1. The molecule has 1 saturated heterocycles. The molecule has 0 spiro atoms. The molecule has 3 atom stereocenters. The first-order valence-corrected chi connectivity index (χ1v) is 6.53. The molecule has 17 heavy (non-hydrogen) atoms. The van der Waals surface area contributed by atoms with Crippen LogP contribution in [0, 0.1) is 17.8 Å². The van der Waals surface area contributed by atoms with Crippen molar-refractivity contribution in [3.63, 3.8) is 0 Å². The van der Waals surface area contributed by atoms with Gasteiger partial charge in [0.2, 0.25) is 0 Å². The van der Waals surface area contributed by atoms with Gasteiger partial charge in [-0.15, -0.1) is 0 Å². The standard InChI is InChI=1S/C13H24N2O2/c1-13(2,3)17-12(16)15(4)8-11-9-5-6-14-7-10(9)11/h9-11,14H,5-8H2,1-4H3. The molecule has 3 unspecified atom stereocenters. The van der Waals surface area contributed by atoms with Crippen LogP contribution >= 0.6 is 0 Å². The molecule has 2 fully saturated rings. The van der Waals surface area contributed by atoms with E-state index < -0.39 is 5.60 Å². The van der Waals surface area contributed by atoms with Crippen molar-refractivity contribution in [2.75, 3.05) is 26.7 Å². The number of ether oxygens (including phenoxy) is 1. The molecular weight excluding hydrogens is 216 g/mol. The molecule has 0 aromatic carbocycles. The van der Waals surface area contributed by atoms with Crippen LogP contribution in [0.15, 0.2) is 0 Å². The van der Waals surface area contributed by atoms with Crippen LogP contribution in [0.2, 0.25) is 0 Å². The maximum atomic E-state index is 11.8. The SMILES string of the molecule is CN(CC1C2CCNCC21)C(=O)OC(C)(C)C. The zero-order valence-electron chi connectivity index (χ0n) is 11.3. The summed E-state index contributed by atoms with van der Waals surface area (Å²) in [4.78, 5) is 13.5. The van der Waals surface area contributed by atoms with E-state index in [0.717, 1.165) is 31.5 Å². The van der Waals surface area contributed by atoms with E-state index in [0.29, 0.717) is 5.92 Å². The van der Waals surface area contributed by atoms with Gasteiger partial charge >= 0.3 is 6.09 Å². The Bertz CT molecular complexity index is 286. The van der Waals surface area contributed by atoms with Gasteiger partial charge in [-0.1, -0.05) is 0 Å². The quantitative estimate of drug-likeness (QED) is 0.799. The average Bonchev–Trinajstić information content (AvgIpc) is 2.90. The fraction of sp³-hybridized carbons (Fsp3) is 0.923. The van der Waals surface area contributed by atoms with Gasteiger partial charge in [0.15, 0.2) is 0 Å². The van der Waals surface area contributed by atoms with Crippen molar-refractivity contribution in [2.45, 2.75) is 32.8 Å². The number of rotatable bonds is 2. The van der Waals surface area contributed by atoms with Crippen molar-refractivity contribution in [2.24, 2.45) is 17.8 Å². The number of hydrogen-bond donors (Lipinski definition) is 1. The van der Waals surface area contributed by atoms with Crippen LogP contribution in [0.4, 0.5) is 4.79 Å². The summed E-state index contributed by atoms with van der Waals surface area (Å²) in [6, 6.07) is 0. The zero-order chi connectivity index (χ0) is 12.6. The van der Waals surface area contributed by atoms with E-state index in [1.807, 2.05) is 27.8 Å². The minimum Gasteiger partial charge on any atom is -0.444 e. The van der Waals surface area contributed by atoms with Crippen LogP contribution < -0.4 is 5.32 Å². The maximum absolute atomic E-state index is 11.8. The van der Waals surface area contributed by atoms with Crippen LogP contribution in [0.3, 0.4) is 0 Å². The second-order valence-corrected chi connectivity index (χ2v) is 6.35. The van der Waals surface area contributed by atoms with Gasteiger partial charge in [0.05, 0.1) is 0 Å². The molecule has 1 amide bonds. The van der Waals surface area contributed by atoms with Crippen LogP contribution in [0.5, 0.6) is 0 Å². The Morgan fingerprint density at radius 3 is 2.65 bits per heavy atom. The molecule has 1 heterocycles. The molecule has 4 nitrogen and oxygen atoms in total. The van der Waals surface area contributed by atoms with Gasteiger partial charge in [0.25, 0.3) is 0 Å². The van der Waals surface area contributed by atoms with Crippen LogP contribution in [0.1, 0.15) is 27.2 Å². The zero-order valence-corrected chi connectivity index (χ0v) is 11.3. The smallest absolute Gasteiger partial charge is 0.410 e. The number of nitrogens with zero attached hydrogens (tertiary/aromatic N) is 1. The Morgan fingerprint density at radius 2 is 2.12 bits per heavy atom. The summed E-state index contributed by atoms with van der Waals surface area (Å²) in [6.07, 6.45) is 1.06. The van der Waals surface area contributed by atoms with Gasteiger partial charge in [-0.05, 0) is 58.0 Å². The van der Waals surface area contributed by atoms with Gasteiger partial charge < -0.3 is 15.0 Å². The maximum Gasteiger partial charge on any atom is 0.410 e. The summed E-state index contributed by atoms with van der Waals surface area (Å²) in [5, 5.41) is 3.41. The minimum atomic E-state index is -0.400. The van der Waals surface area contributed by atoms with Crippen molar-refractivity contribution in [3.05, 3.63) is 0 Å². The first-order chi connectivity index (χ1) is 7.88. The summed E-state index contributed by atoms with van der Waals surface area (Å²) in [5.41, 5.74) is -0.400. The van der Waals surface area contributed by atoms with Gasteiger partial charge in [0.1, 0.15) is 5.60 Å². The summed E-state index contributed by atoms with van der Waals surface area (Å²) in [7, 11) is 1.84. The monoisotopic (exact) mass is 240 g/mol. The molecule has 2 rings (SSSR count). The van der Waals surface area contributed by atoms with E-state index in [2.05, 4.69) is 5.32 Å². The number of hydrogen-bond acceptors (Lipinski definition) is 3. The van der Waals surface area contributed by atoms with E-state index >= 15 is 0 Å². The summed E-state index contributed by atoms with van der Waals surface area (Å²) in [6.45, 7) is 8.80. The summed E-state index contributed by atoms with van der Waals surface area (Å²) >= 11 is 0. The fourth-order valence-electron chi connectivity index (χ4n) is 2.79.